The summed E-state index contributed by atoms with van der Waals surface area (Å²) in [4.78, 5) is 12.7. The Morgan fingerprint density at radius 1 is 1.10 bits per heavy atom. The van der Waals surface area contributed by atoms with Crippen LogP contribution < -0.4 is 5.32 Å². The highest BCUT2D eigenvalue weighted by atomic mass is 32.3. The second kappa shape index (κ2) is 9.14. The van der Waals surface area contributed by atoms with Gasteiger partial charge >= 0.3 is 0 Å². The van der Waals surface area contributed by atoms with Gasteiger partial charge in [-0.05, 0) is 48.6 Å². The summed E-state index contributed by atoms with van der Waals surface area (Å²) in [6.45, 7) is 1.53. The molecule has 1 N–H and O–H groups in total. The topological polar surface area (TPSA) is 87.0 Å². The maximum absolute atomic E-state index is 14.5. The average molecular weight is 455 g/mol. The quantitative estimate of drug-likeness (QED) is 0.679. The second-order valence-corrected chi connectivity index (χ2v) is 13.8. The Labute approximate surface area is 177 Å². The van der Waals surface area contributed by atoms with Crippen LogP contribution in [0.3, 0.4) is 0 Å². The first-order chi connectivity index (χ1) is 13.9. The van der Waals surface area contributed by atoms with Gasteiger partial charge in [-0.25, -0.2) is 27.2 Å². The third-order valence-electron chi connectivity index (χ3n) is 4.50. The Morgan fingerprint density at radius 3 is 2.07 bits per heavy atom. The molecule has 2 aromatic carbocycles. The van der Waals surface area contributed by atoms with Gasteiger partial charge in [0.15, 0.2) is 9.84 Å². The zero-order valence-corrected chi connectivity index (χ0v) is 18.8. The van der Waals surface area contributed by atoms with Crippen molar-refractivity contribution in [1.82, 2.24) is 5.32 Å². The van der Waals surface area contributed by atoms with Gasteiger partial charge in [0.2, 0.25) is 0 Å². The van der Waals surface area contributed by atoms with E-state index < -0.39 is 43.4 Å². The maximum atomic E-state index is 14.5. The van der Waals surface area contributed by atoms with Gasteiger partial charge < -0.3 is 5.32 Å². The molecule has 30 heavy (non-hydrogen) atoms. The van der Waals surface area contributed by atoms with Crippen LogP contribution in [0.2, 0.25) is 0 Å². The van der Waals surface area contributed by atoms with E-state index >= 15 is 0 Å². The van der Waals surface area contributed by atoms with Gasteiger partial charge in [-0.2, -0.15) is 5.26 Å². The maximum Gasteiger partial charge on any atom is 0.252 e. The minimum absolute atomic E-state index is 0.0275. The Hall–Kier alpha value is -2.44. The molecule has 0 saturated heterocycles. The van der Waals surface area contributed by atoms with E-state index in [1.807, 2.05) is 6.07 Å². The fourth-order valence-corrected chi connectivity index (χ4v) is 5.11. The predicted molar refractivity (Wildman–Crippen MR) is 115 cm³/mol. The molecule has 0 bridgehead atoms. The number of hydrogen-bond acceptors (Lipinski definition) is 4. The summed E-state index contributed by atoms with van der Waals surface area (Å²) in [6.07, 6.45) is 5.15. The van der Waals surface area contributed by atoms with Crippen molar-refractivity contribution >= 4 is 25.8 Å². The molecule has 9 heteroatoms. The van der Waals surface area contributed by atoms with Crippen molar-refractivity contribution in [2.45, 2.75) is 29.2 Å². The van der Waals surface area contributed by atoms with Gasteiger partial charge in [-0.3, -0.25) is 4.79 Å². The van der Waals surface area contributed by atoms with E-state index in [4.69, 9.17) is 5.26 Å². The largest absolute Gasteiger partial charge is 0.344 e. The number of nitriles is 1. The highest BCUT2D eigenvalue weighted by molar-refractivity contribution is 8.32. The van der Waals surface area contributed by atoms with Crippen LogP contribution in [-0.2, 0) is 9.84 Å². The number of sulfone groups is 1. The smallest absolute Gasteiger partial charge is 0.252 e. The van der Waals surface area contributed by atoms with E-state index in [0.29, 0.717) is 5.56 Å². The molecule has 0 spiro atoms. The lowest BCUT2D eigenvalue weighted by molar-refractivity contribution is 0.0936. The molecule has 5 nitrogen and oxygen atoms in total. The molecule has 1 amide bonds. The molecule has 0 aromatic heterocycles. The molecular weight excluding hydrogens is 430 g/mol. The number of carbonyl (C=O) groups excluding carboxylic acids is 1. The number of nitrogens with one attached hydrogen (secondary N) is 1. The van der Waals surface area contributed by atoms with Crippen molar-refractivity contribution in [3.8, 4) is 6.07 Å². The lowest BCUT2D eigenvalue weighted by atomic mass is 10.0. The molecule has 1 atom stereocenters. The number of nitrogens with zero attached hydrogens (tertiary/aromatic N) is 1. The monoisotopic (exact) mass is 454 g/mol. The molecule has 2 aromatic rings. The molecule has 0 saturated carbocycles. The number of carbonyl (C=O) groups is 1. The number of rotatable bonds is 7. The minimum Gasteiger partial charge on any atom is -0.344 e. The number of amides is 1. The fourth-order valence-electron chi connectivity index (χ4n) is 2.94. The summed E-state index contributed by atoms with van der Waals surface area (Å²) < 4.78 is 52.8. The SMILES string of the molecule is CCS(=O)(=O)c1ccc([C@@H](CC#N)NC(=O)c2cc(F)c(S(C)(C)C)c(F)c2)cc1. The van der Waals surface area contributed by atoms with Crippen molar-refractivity contribution in [2.24, 2.45) is 0 Å². The van der Waals surface area contributed by atoms with Gasteiger partial charge in [0, 0.05) is 5.56 Å². The summed E-state index contributed by atoms with van der Waals surface area (Å²) in [5.74, 6) is -2.34. The van der Waals surface area contributed by atoms with E-state index in [0.717, 1.165) is 12.1 Å². The molecule has 0 radical (unpaired) electrons. The molecule has 0 unspecified atom stereocenters. The van der Waals surface area contributed by atoms with Gasteiger partial charge in [0.1, 0.15) is 11.6 Å². The summed E-state index contributed by atoms with van der Waals surface area (Å²) in [5.41, 5.74) is 0.321. The lowest BCUT2D eigenvalue weighted by Crippen LogP contribution is -2.28. The lowest BCUT2D eigenvalue weighted by Gasteiger charge is -2.27. The van der Waals surface area contributed by atoms with E-state index in [2.05, 4.69) is 5.32 Å². The van der Waals surface area contributed by atoms with Crippen molar-refractivity contribution in [2.75, 3.05) is 24.5 Å². The minimum atomic E-state index is -3.38. The number of halogens is 2. The Balaban J connectivity index is 2.32. The van der Waals surface area contributed by atoms with E-state index in [9.17, 15) is 22.0 Å². The second-order valence-electron chi connectivity index (χ2n) is 7.47. The van der Waals surface area contributed by atoms with E-state index in [-0.39, 0.29) is 27.5 Å². The predicted octanol–water partition coefficient (Wildman–Crippen LogP) is 4.20. The van der Waals surface area contributed by atoms with E-state index in [1.54, 1.807) is 18.8 Å². The first-order valence-corrected chi connectivity index (χ1v) is 13.6. The molecule has 0 aliphatic carbocycles. The summed E-state index contributed by atoms with van der Waals surface area (Å²) in [6, 6.07) is 9.01. The third kappa shape index (κ3) is 5.37. The highest BCUT2D eigenvalue weighted by Gasteiger charge is 2.23. The van der Waals surface area contributed by atoms with Crippen molar-refractivity contribution in [3.05, 3.63) is 59.2 Å². The molecule has 162 valence electrons. The van der Waals surface area contributed by atoms with Crippen molar-refractivity contribution in [1.29, 1.82) is 5.26 Å². The van der Waals surface area contributed by atoms with Crippen LogP contribution in [0.5, 0.6) is 0 Å². The van der Waals surface area contributed by atoms with Crippen LogP contribution in [-0.4, -0.2) is 38.8 Å². The highest BCUT2D eigenvalue weighted by Crippen LogP contribution is 2.48. The molecule has 0 aliphatic rings. The zero-order chi connectivity index (χ0) is 22.7. The normalized spacial score (nSPS) is 13.4. The van der Waals surface area contributed by atoms with Crippen LogP contribution in [0.4, 0.5) is 8.78 Å². The zero-order valence-electron chi connectivity index (χ0n) is 17.2. The van der Waals surface area contributed by atoms with Crippen molar-refractivity contribution < 1.29 is 22.0 Å². The Kier molecular flexibility index (Phi) is 7.27. The standard InChI is InChI=1S/C21H24F2N2O3S2/c1-5-30(27,28)16-8-6-14(7-9-16)19(10-11-24)25-21(26)15-12-17(22)20(18(23)13-15)29(2,3)4/h6-9,12-13,19H,5,10H2,1-4H3,(H,25,26)/t19-/m1/s1. The van der Waals surface area contributed by atoms with Gasteiger partial charge in [0.05, 0.1) is 34.1 Å². The van der Waals surface area contributed by atoms with Gasteiger partial charge in [-0.15, -0.1) is 0 Å². The molecular formula is C21H24F2N2O3S2. The van der Waals surface area contributed by atoms with Crippen LogP contribution in [0.25, 0.3) is 0 Å². The number of benzene rings is 2. The van der Waals surface area contributed by atoms with Gasteiger partial charge in [-0.1, -0.05) is 19.1 Å². The van der Waals surface area contributed by atoms with Crippen LogP contribution in [0.15, 0.2) is 46.2 Å². The van der Waals surface area contributed by atoms with E-state index in [1.165, 1.54) is 31.2 Å². The molecule has 2 rings (SSSR count). The summed E-state index contributed by atoms with van der Waals surface area (Å²) in [7, 11) is -5.05. The Bertz CT molecular complexity index is 1060. The van der Waals surface area contributed by atoms with Crippen LogP contribution in [0.1, 0.15) is 35.3 Å². The summed E-state index contributed by atoms with van der Waals surface area (Å²) >= 11 is 0. The molecule has 0 aliphatic heterocycles. The van der Waals surface area contributed by atoms with Crippen molar-refractivity contribution in [3.63, 3.8) is 0 Å². The summed E-state index contributed by atoms with van der Waals surface area (Å²) in [5, 5.41) is 11.7. The molecule has 0 heterocycles. The number of hydrogen-bond donors (Lipinski definition) is 1. The first kappa shape index (κ1) is 23.8. The van der Waals surface area contributed by atoms with Gasteiger partial charge in [0.25, 0.3) is 5.91 Å². The Morgan fingerprint density at radius 2 is 1.63 bits per heavy atom. The third-order valence-corrected chi connectivity index (χ3v) is 7.86. The molecule has 0 fully saturated rings. The average Bonchev–Trinajstić information content (AvgIpc) is 2.66. The first-order valence-electron chi connectivity index (χ1n) is 9.08. The van der Waals surface area contributed by atoms with Crippen LogP contribution in [0, 0.1) is 23.0 Å². The fraction of sp³-hybridized carbons (Fsp3) is 0.333. The van der Waals surface area contributed by atoms with Crippen LogP contribution >= 0.6 is 10.0 Å².